The first kappa shape index (κ1) is 16.6. The highest BCUT2D eigenvalue weighted by Crippen LogP contribution is 2.33. The van der Waals surface area contributed by atoms with Crippen molar-refractivity contribution in [1.29, 1.82) is 0 Å². The first-order chi connectivity index (χ1) is 9.19. The number of benzene rings is 1. The Hall–Kier alpha value is -1.46. The van der Waals surface area contributed by atoms with Crippen molar-refractivity contribution in [2.24, 2.45) is 5.16 Å². The van der Waals surface area contributed by atoms with E-state index in [-0.39, 0.29) is 18.3 Å². The highest BCUT2D eigenvalue weighted by molar-refractivity contribution is 5.91. The summed E-state index contributed by atoms with van der Waals surface area (Å²) < 4.78 is 10.6. The number of likely N-dealkylation sites (N-methyl/N-ethyl adjacent to an activating group) is 1. The van der Waals surface area contributed by atoms with Crippen molar-refractivity contribution in [3.05, 3.63) is 23.8 Å². The lowest BCUT2D eigenvalue weighted by molar-refractivity contribution is 0.287. The Bertz CT molecular complexity index is 479. The van der Waals surface area contributed by atoms with Crippen molar-refractivity contribution >= 4 is 18.1 Å². The monoisotopic (exact) mass is 300 g/mol. The maximum atomic E-state index is 9.15. The highest BCUT2D eigenvalue weighted by Gasteiger charge is 2.26. The number of halogens is 1. The predicted octanol–water partition coefficient (Wildman–Crippen LogP) is 2.37. The van der Waals surface area contributed by atoms with Gasteiger partial charge < -0.3 is 19.6 Å². The van der Waals surface area contributed by atoms with E-state index in [2.05, 4.69) is 17.1 Å². The molecular weight excluding hydrogens is 280 g/mol. The summed E-state index contributed by atoms with van der Waals surface area (Å²) in [6, 6.07) is 5.84. The highest BCUT2D eigenvalue weighted by atomic mass is 35.5. The van der Waals surface area contributed by atoms with Crippen LogP contribution in [0.25, 0.3) is 0 Å². The van der Waals surface area contributed by atoms with Crippen LogP contribution in [0.4, 0.5) is 0 Å². The van der Waals surface area contributed by atoms with Gasteiger partial charge in [-0.2, -0.15) is 0 Å². The molecule has 0 amide bonds. The van der Waals surface area contributed by atoms with Crippen LogP contribution in [0.5, 0.6) is 11.5 Å². The van der Waals surface area contributed by atoms with Crippen molar-refractivity contribution in [3.8, 4) is 11.5 Å². The summed E-state index contributed by atoms with van der Waals surface area (Å²) in [5.41, 5.74) is 1.90. The Morgan fingerprint density at radius 2 is 1.95 bits per heavy atom. The molecule has 0 saturated carbocycles. The van der Waals surface area contributed by atoms with Crippen LogP contribution in [0.3, 0.4) is 0 Å². The molecule has 1 aromatic rings. The summed E-state index contributed by atoms with van der Waals surface area (Å²) in [4.78, 5) is 2.23. The molecule has 1 N–H and O–H groups in total. The summed E-state index contributed by atoms with van der Waals surface area (Å²) in [6.45, 7) is 1.76. The van der Waals surface area contributed by atoms with Gasteiger partial charge in [0.05, 0.1) is 19.9 Å². The van der Waals surface area contributed by atoms with Crippen LogP contribution >= 0.6 is 12.4 Å². The molecule has 1 aliphatic heterocycles. The zero-order valence-corrected chi connectivity index (χ0v) is 12.8. The third kappa shape index (κ3) is 3.35. The first-order valence-electron chi connectivity index (χ1n) is 6.31. The van der Waals surface area contributed by atoms with E-state index in [1.807, 2.05) is 18.2 Å². The molecule has 0 radical (unpaired) electrons. The fourth-order valence-corrected chi connectivity index (χ4v) is 2.48. The summed E-state index contributed by atoms with van der Waals surface area (Å²) in [5, 5.41) is 12.6. The Morgan fingerprint density at radius 3 is 2.55 bits per heavy atom. The molecule has 2 rings (SSSR count). The van der Waals surface area contributed by atoms with Crippen molar-refractivity contribution in [3.63, 3.8) is 0 Å². The fraction of sp³-hybridized carbons (Fsp3) is 0.500. The van der Waals surface area contributed by atoms with Gasteiger partial charge in [-0.05, 0) is 24.7 Å². The molecule has 0 aliphatic carbocycles. The van der Waals surface area contributed by atoms with Crippen LogP contribution in [-0.4, -0.2) is 50.2 Å². The number of piperidine rings is 1. The van der Waals surface area contributed by atoms with Crippen LogP contribution in [0.15, 0.2) is 23.4 Å². The Morgan fingerprint density at radius 1 is 1.25 bits per heavy atom. The summed E-state index contributed by atoms with van der Waals surface area (Å²) in [5.74, 6) is 1.51. The maximum absolute atomic E-state index is 9.15. The van der Waals surface area contributed by atoms with Gasteiger partial charge in [0.2, 0.25) is 0 Å². The summed E-state index contributed by atoms with van der Waals surface area (Å²) >= 11 is 0. The Labute approximate surface area is 125 Å². The van der Waals surface area contributed by atoms with Gasteiger partial charge in [0.1, 0.15) is 0 Å². The van der Waals surface area contributed by atoms with E-state index < -0.39 is 0 Å². The van der Waals surface area contributed by atoms with E-state index in [0.717, 1.165) is 30.8 Å². The number of nitrogens with zero attached hydrogens (tertiary/aromatic N) is 2. The van der Waals surface area contributed by atoms with E-state index in [4.69, 9.17) is 14.7 Å². The van der Waals surface area contributed by atoms with Gasteiger partial charge >= 0.3 is 0 Å². The normalized spacial score (nSPS) is 21.4. The molecule has 112 valence electrons. The molecule has 1 heterocycles. The van der Waals surface area contributed by atoms with E-state index in [0.29, 0.717) is 11.5 Å². The average Bonchev–Trinajstić information content (AvgIpc) is 2.46. The SMILES string of the molecule is COc1ccc(C2CN(C)CCC2=NO)cc1OC.Cl. The largest absolute Gasteiger partial charge is 0.493 e. The fourth-order valence-electron chi connectivity index (χ4n) is 2.48. The van der Waals surface area contributed by atoms with Gasteiger partial charge in [-0.25, -0.2) is 0 Å². The van der Waals surface area contributed by atoms with Crippen molar-refractivity contribution in [2.45, 2.75) is 12.3 Å². The molecule has 0 aromatic heterocycles. The topological polar surface area (TPSA) is 54.3 Å². The van der Waals surface area contributed by atoms with E-state index in [9.17, 15) is 0 Å². The van der Waals surface area contributed by atoms with Gasteiger partial charge in [0.15, 0.2) is 11.5 Å². The van der Waals surface area contributed by atoms with Gasteiger partial charge in [-0.3, -0.25) is 0 Å². The van der Waals surface area contributed by atoms with Crippen molar-refractivity contribution in [1.82, 2.24) is 4.90 Å². The zero-order valence-electron chi connectivity index (χ0n) is 12.0. The number of hydrogen-bond acceptors (Lipinski definition) is 5. The molecule has 1 fully saturated rings. The Balaban J connectivity index is 0.00000200. The molecule has 1 saturated heterocycles. The zero-order chi connectivity index (χ0) is 13.8. The molecule has 1 atom stereocenters. The molecule has 6 heteroatoms. The lowest BCUT2D eigenvalue weighted by atomic mass is 9.88. The lowest BCUT2D eigenvalue weighted by Gasteiger charge is -2.30. The molecule has 20 heavy (non-hydrogen) atoms. The van der Waals surface area contributed by atoms with Crippen LogP contribution in [0, 0.1) is 0 Å². The van der Waals surface area contributed by atoms with Crippen LogP contribution in [-0.2, 0) is 0 Å². The summed E-state index contributed by atoms with van der Waals surface area (Å²) in [7, 11) is 5.31. The van der Waals surface area contributed by atoms with Gasteiger partial charge in [-0.15, -0.1) is 12.4 Å². The molecule has 5 nitrogen and oxygen atoms in total. The standard InChI is InChI=1S/C14H20N2O3.ClH/c1-16-7-6-12(15-17)11(9-16)10-4-5-13(18-2)14(8-10)19-3;/h4-5,8,11,17H,6-7,9H2,1-3H3;1H. The van der Waals surface area contributed by atoms with E-state index >= 15 is 0 Å². The second-order valence-electron chi connectivity index (χ2n) is 4.77. The van der Waals surface area contributed by atoms with Gasteiger partial charge in [0, 0.05) is 25.4 Å². The minimum absolute atomic E-state index is 0. The van der Waals surface area contributed by atoms with Crippen LogP contribution in [0.1, 0.15) is 17.9 Å². The average molecular weight is 301 g/mol. The molecule has 0 spiro atoms. The number of ether oxygens (including phenoxy) is 2. The minimum Gasteiger partial charge on any atom is -0.493 e. The van der Waals surface area contributed by atoms with Gasteiger partial charge in [0.25, 0.3) is 0 Å². The molecule has 1 unspecified atom stereocenters. The van der Waals surface area contributed by atoms with E-state index in [1.165, 1.54) is 0 Å². The third-order valence-corrected chi connectivity index (χ3v) is 3.58. The molecule has 1 aliphatic rings. The second kappa shape index (κ2) is 7.36. The number of likely N-dealkylation sites (tertiary alicyclic amines) is 1. The molecular formula is C14H21ClN2O3. The van der Waals surface area contributed by atoms with Gasteiger partial charge in [-0.1, -0.05) is 11.2 Å². The molecule has 1 aromatic carbocycles. The maximum Gasteiger partial charge on any atom is 0.161 e. The minimum atomic E-state index is 0. The smallest absolute Gasteiger partial charge is 0.161 e. The third-order valence-electron chi connectivity index (χ3n) is 3.58. The van der Waals surface area contributed by atoms with Crippen LogP contribution < -0.4 is 9.47 Å². The quantitative estimate of drug-likeness (QED) is 0.688. The Kier molecular flexibility index (Phi) is 6.10. The molecule has 0 bridgehead atoms. The number of methoxy groups -OCH3 is 2. The van der Waals surface area contributed by atoms with E-state index in [1.54, 1.807) is 14.2 Å². The number of hydrogen-bond donors (Lipinski definition) is 1. The van der Waals surface area contributed by atoms with Crippen molar-refractivity contribution in [2.75, 3.05) is 34.4 Å². The predicted molar refractivity (Wildman–Crippen MR) is 80.9 cm³/mol. The first-order valence-corrected chi connectivity index (χ1v) is 6.31. The summed E-state index contributed by atoms with van der Waals surface area (Å²) in [6.07, 6.45) is 0.784. The number of oxime groups is 1. The lowest BCUT2D eigenvalue weighted by Crippen LogP contribution is -2.37. The second-order valence-corrected chi connectivity index (χ2v) is 4.77. The van der Waals surface area contributed by atoms with Crippen molar-refractivity contribution < 1.29 is 14.7 Å². The van der Waals surface area contributed by atoms with Crippen LogP contribution in [0.2, 0.25) is 0 Å². The number of rotatable bonds is 3.